The van der Waals surface area contributed by atoms with Crippen molar-refractivity contribution in [3.05, 3.63) is 29.8 Å². The molecule has 0 heterocycles. The molecule has 0 aliphatic carbocycles. The lowest BCUT2D eigenvalue weighted by atomic mass is 10.2. The predicted molar refractivity (Wildman–Crippen MR) is 66.6 cm³/mol. The molecule has 100 valence electrons. The second-order valence-corrected chi connectivity index (χ2v) is 4.79. The van der Waals surface area contributed by atoms with Crippen LogP contribution in [0.5, 0.6) is 0 Å². The maximum atomic E-state index is 10.5. The van der Waals surface area contributed by atoms with Crippen LogP contribution in [0, 0.1) is 6.92 Å². The second-order valence-electron chi connectivity index (χ2n) is 3.37. The van der Waals surface area contributed by atoms with Crippen molar-refractivity contribution in [1.82, 2.24) is 0 Å². The van der Waals surface area contributed by atoms with Gasteiger partial charge in [-0.2, -0.15) is 8.42 Å². The van der Waals surface area contributed by atoms with Gasteiger partial charge in [0.05, 0.1) is 4.90 Å². The van der Waals surface area contributed by atoms with Gasteiger partial charge in [-0.1, -0.05) is 31.0 Å². The largest absolute Gasteiger partial charge is 0.412 e. The smallest absolute Gasteiger partial charge is 0.294 e. The first kappa shape index (κ1) is 18.4. The summed E-state index contributed by atoms with van der Waals surface area (Å²) in [7, 11) is -4.02. The zero-order valence-corrected chi connectivity index (χ0v) is 10.9. The minimum atomic E-state index is -4.02. The fraction of sp³-hybridized carbons (Fsp3) is 0.455. The molecule has 0 spiro atoms. The average molecular weight is 264 g/mol. The van der Waals surface area contributed by atoms with Crippen LogP contribution >= 0.6 is 0 Å². The third-order valence-electron chi connectivity index (χ3n) is 1.83. The van der Waals surface area contributed by atoms with Crippen LogP contribution in [0.3, 0.4) is 0 Å². The van der Waals surface area contributed by atoms with E-state index < -0.39 is 10.1 Å². The Labute approximate surface area is 102 Å². The standard InChI is InChI=1S/C7H8O3S.C4H10O.H2O/c1-6-2-4-7(5-3-6)11(8,9)10;1-2-3-4-5;/h2-5H,1H3,(H,8,9,10);5H,2-4H2,1H3;1H2. The average Bonchev–Trinajstić information content (AvgIpc) is 2.19. The third-order valence-corrected chi connectivity index (χ3v) is 2.70. The van der Waals surface area contributed by atoms with E-state index in [4.69, 9.17) is 9.66 Å². The Morgan fingerprint density at radius 3 is 1.88 bits per heavy atom. The zero-order chi connectivity index (χ0) is 12.6. The molecule has 0 bridgehead atoms. The lowest BCUT2D eigenvalue weighted by molar-refractivity contribution is 0.287. The van der Waals surface area contributed by atoms with Crippen molar-refractivity contribution >= 4 is 10.1 Å². The van der Waals surface area contributed by atoms with Gasteiger partial charge in [-0.15, -0.1) is 0 Å². The van der Waals surface area contributed by atoms with Gasteiger partial charge < -0.3 is 10.6 Å². The van der Waals surface area contributed by atoms with Crippen LogP contribution in [0.2, 0.25) is 0 Å². The molecule has 1 aromatic rings. The monoisotopic (exact) mass is 264 g/mol. The van der Waals surface area contributed by atoms with Gasteiger partial charge in [0, 0.05) is 6.61 Å². The number of rotatable bonds is 3. The molecule has 0 fully saturated rings. The number of aliphatic hydroxyl groups is 1. The van der Waals surface area contributed by atoms with E-state index in [9.17, 15) is 8.42 Å². The molecule has 0 aliphatic rings. The van der Waals surface area contributed by atoms with Gasteiger partial charge in [-0.3, -0.25) is 4.55 Å². The quantitative estimate of drug-likeness (QED) is 0.800. The summed E-state index contributed by atoms with van der Waals surface area (Å²) in [5.74, 6) is 0. The molecule has 0 amide bonds. The lowest BCUT2D eigenvalue weighted by Crippen LogP contribution is -1.96. The van der Waals surface area contributed by atoms with Gasteiger partial charge in [0.15, 0.2) is 0 Å². The van der Waals surface area contributed by atoms with Gasteiger partial charge in [-0.05, 0) is 25.5 Å². The molecule has 0 radical (unpaired) electrons. The molecule has 0 aromatic heterocycles. The fourth-order valence-corrected chi connectivity index (χ4v) is 1.35. The van der Waals surface area contributed by atoms with E-state index in [2.05, 4.69) is 6.92 Å². The van der Waals surface area contributed by atoms with Gasteiger partial charge in [0.1, 0.15) is 0 Å². The Kier molecular flexibility index (Phi) is 9.88. The highest BCUT2D eigenvalue weighted by Gasteiger charge is 2.06. The number of aliphatic hydroxyl groups excluding tert-OH is 1. The Bertz CT molecular complexity index is 381. The van der Waals surface area contributed by atoms with Crippen molar-refractivity contribution in [2.75, 3.05) is 6.61 Å². The summed E-state index contributed by atoms with van der Waals surface area (Å²) in [6, 6.07) is 5.99. The highest BCUT2D eigenvalue weighted by atomic mass is 32.2. The molecule has 0 saturated carbocycles. The van der Waals surface area contributed by atoms with Gasteiger partial charge in [0.25, 0.3) is 10.1 Å². The zero-order valence-electron chi connectivity index (χ0n) is 10.0. The molecule has 0 atom stereocenters. The minimum Gasteiger partial charge on any atom is -0.412 e. The van der Waals surface area contributed by atoms with Gasteiger partial charge in [-0.25, -0.2) is 0 Å². The van der Waals surface area contributed by atoms with E-state index in [1.165, 1.54) is 12.1 Å². The van der Waals surface area contributed by atoms with Crippen LogP contribution in [0.4, 0.5) is 0 Å². The first-order valence-corrected chi connectivity index (χ1v) is 6.50. The summed E-state index contributed by atoms with van der Waals surface area (Å²) in [6.45, 7) is 4.24. The maximum Gasteiger partial charge on any atom is 0.294 e. The highest BCUT2D eigenvalue weighted by Crippen LogP contribution is 2.08. The number of unbranched alkanes of at least 4 members (excludes halogenated alkanes) is 1. The summed E-state index contributed by atoms with van der Waals surface area (Å²) < 4.78 is 29.6. The maximum absolute atomic E-state index is 10.5. The molecule has 0 saturated heterocycles. The third kappa shape index (κ3) is 8.82. The van der Waals surface area contributed by atoms with Crippen LogP contribution in [-0.4, -0.2) is 30.2 Å². The number of hydrogen-bond acceptors (Lipinski definition) is 3. The fourth-order valence-electron chi connectivity index (χ4n) is 0.868. The number of benzene rings is 1. The molecule has 0 unspecified atom stereocenters. The summed E-state index contributed by atoms with van der Waals surface area (Å²) in [6.07, 6.45) is 2.04. The molecule has 5 nitrogen and oxygen atoms in total. The van der Waals surface area contributed by atoms with E-state index in [0.717, 1.165) is 18.4 Å². The van der Waals surface area contributed by atoms with Crippen LogP contribution in [-0.2, 0) is 10.1 Å². The van der Waals surface area contributed by atoms with Crippen molar-refractivity contribution in [2.24, 2.45) is 0 Å². The van der Waals surface area contributed by atoms with Crippen molar-refractivity contribution in [3.63, 3.8) is 0 Å². The summed E-state index contributed by atoms with van der Waals surface area (Å²) >= 11 is 0. The molecular formula is C11H20O5S. The molecule has 0 aliphatic heterocycles. The molecule has 4 N–H and O–H groups in total. The molecule has 1 aromatic carbocycles. The predicted octanol–water partition coefficient (Wildman–Crippen LogP) is 1.20. The first-order chi connectivity index (χ1) is 7.41. The Balaban J connectivity index is 0. The van der Waals surface area contributed by atoms with Crippen LogP contribution in [0.25, 0.3) is 0 Å². The first-order valence-electron chi connectivity index (χ1n) is 5.06. The van der Waals surface area contributed by atoms with Crippen molar-refractivity contribution in [2.45, 2.75) is 31.6 Å². The van der Waals surface area contributed by atoms with E-state index >= 15 is 0 Å². The second kappa shape index (κ2) is 9.12. The van der Waals surface area contributed by atoms with E-state index in [1.807, 2.05) is 6.92 Å². The molecular weight excluding hydrogens is 244 g/mol. The Morgan fingerprint density at radius 2 is 1.65 bits per heavy atom. The van der Waals surface area contributed by atoms with Crippen molar-refractivity contribution in [1.29, 1.82) is 0 Å². The minimum absolute atomic E-state index is 0. The van der Waals surface area contributed by atoms with E-state index in [1.54, 1.807) is 12.1 Å². The van der Waals surface area contributed by atoms with Crippen molar-refractivity contribution < 1.29 is 23.6 Å². The SMILES string of the molecule is CCCCO.Cc1ccc(S(=O)(=O)O)cc1.O. The van der Waals surface area contributed by atoms with E-state index in [0.29, 0.717) is 6.61 Å². The highest BCUT2D eigenvalue weighted by molar-refractivity contribution is 7.85. The summed E-state index contributed by atoms with van der Waals surface area (Å²) in [5.41, 5.74) is 0.956. The van der Waals surface area contributed by atoms with Crippen LogP contribution < -0.4 is 0 Å². The molecule has 17 heavy (non-hydrogen) atoms. The topological polar surface area (TPSA) is 106 Å². The van der Waals surface area contributed by atoms with E-state index in [-0.39, 0.29) is 10.4 Å². The van der Waals surface area contributed by atoms with Gasteiger partial charge in [0.2, 0.25) is 0 Å². The van der Waals surface area contributed by atoms with Gasteiger partial charge >= 0.3 is 0 Å². The molecule has 1 rings (SSSR count). The number of hydrogen-bond donors (Lipinski definition) is 2. The van der Waals surface area contributed by atoms with Crippen molar-refractivity contribution in [3.8, 4) is 0 Å². The Morgan fingerprint density at radius 1 is 1.18 bits per heavy atom. The normalized spacial score (nSPS) is 9.88. The van der Waals surface area contributed by atoms with Crippen LogP contribution in [0.1, 0.15) is 25.3 Å². The number of aryl methyl sites for hydroxylation is 1. The summed E-state index contributed by atoms with van der Waals surface area (Å²) in [4.78, 5) is -0.0666. The molecule has 6 heteroatoms. The Hall–Kier alpha value is -0.950. The van der Waals surface area contributed by atoms with Crippen LogP contribution in [0.15, 0.2) is 29.2 Å². The lowest BCUT2D eigenvalue weighted by Gasteiger charge is -1.95. The summed E-state index contributed by atoms with van der Waals surface area (Å²) in [5, 5.41) is 8.07.